The average Bonchev–Trinajstić information content (AvgIpc) is 3.63. The molecule has 2 aromatic heterocycles. The van der Waals surface area contributed by atoms with E-state index in [1.807, 2.05) is 91.5 Å². The number of carbonyl (C=O) groups excluding carboxylic acids is 1. The summed E-state index contributed by atoms with van der Waals surface area (Å²) in [6.45, 7) is 3.77. The summed E-state index contributed by atoms with van der Waals surface area (Å²) in [5.74, 6) is 1.16. The summed E-state index contributed by atoms with van der Waals surface area (Å²) >= 11 is 0. The molecule has 0 unspecified atom stereocenters. The lowest BCUT2D eigenvalue weighted by Gasteiger charge is -2.23. The number of nitrogens with zero attached hydrogens (tertiary/aromatic N) is 4. The number of hydrogen-bond donors (Lipinski definition) is 0. The molecule has 34 heavy (non-hydrogen) atoms. The van der Waals surface area contributed by atoms with Gasteiger partial charge in [0.05, 0.1) is 30.8 Å². The number of methoxy groups -OCH3 is 1. The van der Waals surface area contributed by atoms with Crippen molar-refractivity contribution in [1.29, 1.82) is 0 Å². The Labute approximate surface area is 198 Å². The van der Waals surface area contributed by atoms with Crippen LogP contribution in [0.2, 0.25) is 0 Å². The van der Waals surface area contributed by atoms with Gasteiger partial charge in [-0.2, -0.15) is 10.2 Å². The van der Waals surface area contributed by atoms with Crippen molar-refractivity contribution in [3.8, 4) is 22.7 Å². The molecule has 1 aliphatic rings. The summed E-state index contributed by atoms with van der Waals surface area (Å²) in [6, 6.07) is 21.1. The first kappa shape index (κ1) is 21.7. The minimum Gasteiger partial charge on any atom is -0.497 e. The minimum atomic E-state index is -0.311. The number of furan rings is 1. The molecule has 172 valence electrons. The van der Waals surface area contributed by atoms with Gasteiger partial charge in [-0.15, -0.1) is 0 Å². The molecule has 0 N–H and O–H groups in total. The van der Waals surface area contributed by atoms with Gasteiger partial charge in [0.25, 0.3) is 0 Å². The van der Waals surface area contributed by atoms with Crippen molar-refractivity contribution >= 4 is 11.6 Å². The van der Waals surface area contributed by atoms with E-state index in [1.165, 1.54) is 0 Å². The molecule has 0 radical (unpaired) electrons. The van der Waals surface area contributed by atoms with Gasteiger partial charge in [0.15, 0.2) is 0 Å². The topological polar surface area (TPSA) is 72.9 Å². The lowest BCUT2D eigenvalue weighted by Crippen LogP contribution is -2.30. The highest BCUT2D eigenvalue weighted by atomic mass is 16.5. The van der Waals surface area contributed by atoms with E-state index >= 15 is 0 Å². The van der Waals surface area contributed by atoms with Gasteiger partial charge in [-0.3, -0.25) is 4.79 Å². The van der Waals surface area contributed by atoms with Crippen LogP contribution in [0, 0.1) is 5.92 Å². The molecule has 1 amide bonds. The smallest absolute Gasteiger partial charge is 0.245 e. The number of rotatable bonds is 6. The van der Waals surface area contributed by atoms with Crippen LogP contribution in [-0.4, -0.2) is 33.5 Å². The molecule has 0 spiro atoms. The molecular weight excluding hydrogens is 428 g/mol. The molecule has 1 aliphatic heterocycles. The first-order chi connectivity index (χ1) is 16.5. The molecule has 0 aliphatic carbocycles. The molecule has 2 aromatic carbocycles. The summed E-state index contributed by atoms with van der Waals surface area (Å²) in [5.41, 5.74) is 4.28. The first-order valence-corrected chi connectivity index (χ1v) is 11.3. The van der Waals surface area contributed by atoms with Crippen molar-refractivity contribution in [3.63, 3.8) is 0 Å². The van der Waals surface area contributed by atoms with Crippen molar-refractivity contribution in [2.24, 2.45) is 11.0 Å². The van der Waals surface area contributed by atoms with Crippen LogP contribution in [0.1, 0.15) is 37.6 Å². The molecule has 0 bridgehead atoms. The lowest BCUT2D eigenvalue weighted by molar-refractivity contribution is -0.136. The number of aromatic nitrogens is 2. The number of hydrogen-bond acceptors (Lipinski definition) is 5. The Morgan fingerprint density at radius 1 is 1.09 bits per heavy atom. The van der Waals surface area contributed by atoms with Gasteiger partial charge in [0.2, 0.25) is 5.91 Å². The normalized spacial score (nSPS) is 15.6. The van der Waals surface area contributed by atoms with E-state index in [9.17, 15) is 4.79 Å². The largest absolute Gasteiger partial charge is 0.497 e. The van der Waals surface area contributed by atoms with Crippen LogP contribution < -0.4 is 4.74 Å². The second-order valence-corrected chi connectivity index (χ2v) is 8.53. The molecule has 0 saturated heterocycles. The third kappa shape index (κ3) is 4.01. The third-order valence-electron chi connectivity index (χ3n) is 5.90. The monoisotopic (exact) mass is 454 g/mol. The molecule has 0 saturated carbocycles. The zero-order chi connectivity index (χ0) is 23.7. The Morgan fingerprint density at radius 3 is 2.62 bits per heavy atom. The van der Waals surface area contributed by atoms with E-state index in [2.05, 4.69) is 0 Å². The number of para-hydroxylation sites is 1. The zero-order valence-electron chi connectivity index (χ0n) is 19.4. The zero-order valence-corrected chi connectivity index (χ0v) is 19.4. The van der Waals surface area contributed by atoms with Gasteiger partial charge >= 0.3 is 0 Å². The average molecular weight is 455 g/mol. The summed E-state index contributed by atoms with van der Waals surface area (Å²) < 4.78 is 12.9. The fourth-order valence-electron chi connectivity index (χ4n) is 4.15. The molecule has 7 nitrogen and oxygen atoms in total. The third-order valence-corrected chi connectivity index (χ3v) is 5.90. The number of carbonyl (C=O) groups is 1. The second kappa shape index (κ2) is 9.02. The summed E-state index contributed by atoms with van der Waals surface area (Å²) in [5, 5.41) is 11.2. The fraction of sp³-hybridized carbons (Fsp3) is 0.222. The van der Waals surface area contributed by atoms with Crippen LogP contribution in [0.4, 0.5) is 0 Å². The predicted octanol–water partition coefficient (Wildman–Crippen LogP) is 5.47. The number of benzene rings is 2. The van der Waals surface area contributed by atoms with Crippen molar-refractivity contribution in [2.75, 3.05) is 7.11 Å². The highest BCUT2D eigenvalue weighted by Crippen LogP contribution is 2.39. The Balaban J connectivity index is 1.65. The lowest BCUT2D eigenvalue weighted by atomic mass is 9.97. The molecule has 7 heteroatoms. The maximum Gasteiger partial charge on any atom is 0.245 e. The van der Waals surface area contributed by atoms with Gasteiger partial charge in [0, 0.05) is 29.7 Å². The SMILES string of the molecule is COc1cccc(-c2nn(-c3ccccc3)cc2[C@@H]2CC(c3ccco3)=NN2C(=O)C(C)C)c1. The van der Waals surface area contributed by atoms with E-state index < -0.39 is 0 Å². The van der Waals surface area contributed by atoms with Crippen LogP contribution in [-0.2, 0) is 4.79 Å². The molecule has 0 fully saturated rings. The van der Waals surface area contributed by atoms with E-state index in [0.29, 0.717) is 12.2 Å². The van der Waals surface area contributed by atoms with Gasteiger partial charge < -0.3 is 9.15 Å². The summed E-state index contributed by atoms with van der Waals surface area (Å²) in [7, 11) is 1.64. The fourth-order valence-corrected chi connectivity index (χ4v) is 4.15. The van der Waals surface area contributed by atoms with Crippen molar-refractivity contribution in [2.45, 2.75) is 26.3 Å². The van der Waals surface area contributed by atoms with Crippen molar-refractivity contribution in [3.05, 3.63) is 90.5 Å². The van der Waals surface area contributed by atoms with Crippen molar-refractivity contribution in [1.82, 2.24) is 14.8 Å². The van der Waals surface area contributed by atoms with Crippen LogP contribution in [0.15, 0.2) is 88.7 Å². The molecular formula is C27H26N4O3. The van der Waals surface area contributed by atoms with Crippen LogP contribution in [0.5, 0.6) is 5.75 Å². The Morgan fingerprint density at radius 2 is 1.91 bits per heavy atom. The molecule has 5 rings (SSSR count). The van der Waals surface area contributed by atoms with Crippen LogP contribution >= 0.6 is 0 Å². The Bertz CT molecular complexity index is 1320. The maximum atomic E-state index is 13.2. The van der Waals surface area contributed by atoms with E-state index in [1.54, 1.807) is 18.4 Å². The van der Waals surface area contributed by atoms with Gasteiger partial charge in [-0.05, 0) is 36.4 Å². The molecule has 3 heterocycles. The van der Waals surface area contributed by atoms with E-state index in [-0.39, 0.29) is 17.9 Å². The minimum absolute atomic E-state index is 0.0457. The quantitative estimate of drug-likeness (QED) is 0.387. The molecule has 4 aromatic rings. The highest BCUT2D eigenvalue weighted by Gasteiger charge is 2.37. The van der Waals surface area contributed by atoms with Crippen LogP contribution in [0.25, 0.3) is 16.9 Å². The van der Waals surface area contributed by atoms with E-state index in [4.69, 9.17) is 19.4 Å². The maximum absolute atomic E-state index is 13.2. The van der Waals surface area contributed by atoms with Crippen LogP contribution in [0.3, 0.4) is 0 Å². The standard InChI is InChI=1S/C27H26N4O3/c1-18(2)27(32)31-24(16-23(28-31)25-13-8-14-34-25)22-17-30(20-10-5-4-6-11-20)29-26(22)19-9-7-12-21(15-19)33-3/h4-15,17-18,24H,16H2,1-3H3/t24-/m0/s1. The Hall–Kier alpha value is -4.13. The van der Waals surface area contributed by atoms with Crippen molar-refractivity contribution < 1.29 is 13.9 Å². The molecule has 1 atom stereocenters. The van der Waals surface area contributed by atoms with Gasteiger partial charge in [-0.25, -0.2) is 9.69 Å². The first-order valence-electron chi connectivity index (χ1n) is 11.3. The van der Waals surface area contributed by atoms with Gasteiger partial charge in [-0.1, -0.05) is 44.2 Å². The summed E-state index contributed by atoms with van der Waals surface area (Å²) in [4.78, 5) is 13.2. The van der Waals surface area contributed by atoms with E-state index in [0.717, 1.165) is 34.0 Å². The number of amides is 1. The van der Waals surface area contributed by atoms with Gasteiger partial charge in [0.1, 0.15) is 17.2 Å². The summed E-state index contributed by atoms with van der Waals surface area (Å²) in [6.07, 6.45) is 4.15. The number of ether oxygens (including phenoxy) is 1. The predicted molar refractivity (Wildman–Crippen MR) is 130 cm³/mol. The highest BCUT2D eigenvalue weighted by molar-refractivity contribution is 6.01. The Kier molecular flexibility index (Phi) is 5.76. The number of hydrazone groups is 1. The second-order valence-electron chi connectivity index (χ2n) is 8.53.